The Morgan fingerprint density at radius 2 is 1.97 bits per heavy atom. The molecule has 3 aromatic rings. The van der Waals surface area contributed by atoms with Crippen molar-refractivity contribution in [2.45, 2.75) is 37.2 Å². The first kappa shape index (κ1) is 23.9. The van der Waals surface area contributed by atoms with Gasteiger partial charge in [0.05, 0.1) is 18.0 Å². The smallest absolute Gasteiger partial charge is 0.307 e. The zero-order valence-electron chi connectivity index (χ0n) is 18.0. The zero-order chi connectivity index (χ0) is 23.8. The molecule has 0 bridgehead atoms. The van der Waals surface area contributed by atoms with Crippen molar-refractivity contribution in [3.8, 4) is 11.4 Å². The molecule has 0 fully saturated rings. The minimum atomic E-state index is -0.900. The zero-order valence-corrected chi connectivity index (χ0v) is 18.8. The van der Waals surface area contributed by atoms with Crippen LogP contribution < -0.4 is 5.32 Å². The van der Waals surface area contributed by atoms with Crippen LogP contribution in [0.3, 0.4) is 0 Å². The van der Waals surface area contributed by atoms with Crippen LogP contribution in [-0.2, 0) is 20.9 Å². The van der Waals surface area contributed by atoms with E-state index < -0.39 is 22.0 Å². The maximum absolute atomic E-state index is 13.0. The number of aromatic nitrogens is 4. The van der Waals surface area contributed by atoms with Gasteiger partial charge in [0.15, 0.2) is 11.0 Å². The molecule has 2 heterocycles. The van der Waals surface area contributed by atoms with E-state index in [1.54, 1.807) is 31.5 Å². The second-order valence-corrected chi connectivity index (χ2v) is 7.87. The van der Waals surface area contributed by atoms with Gasteiger partial charge in [0.25, 0.3) is 5.69 Å². The van der Waals surface area contributed by atoms with Crippen LogP contribution in [0.2, 0.25) is 0 Å². The van der Waals surface area contributed by atoms with Gasteiger partial charge in [0, 0.05) is 42.3 Å². The number of carbonyl (C=O) groups excluding carboxylic acids is 2. The van der Waals surface area contributed by atoms with E-state index in [4.69, 9.17) is 4.74 Å². The van der Waals surface area contributed by atoms with E-state index >= 15 is 0 Å². The molecule has 0 aliphatic rings. The minimum absolute atomic E-state index is 0.157. The largest absolute Gasteiger partial charge is 0.466 e. The van der Waals surface area contributed by atoms with Crippen LogP contribution in [0, 0.1) is 10.1 Å². The maximum atomic E-state index is 13.0. The third-order valence-electron chi connectivity index (χ3n) is 4.49. The van der Waals surface area contributed by atoms with Gasteiger partial charge in [-0.25, -0.2) is 0 Å². The Morgan fingerprint density at radius 1 is 1.21 bits per heavy atom. The molecule has 0 spiro atoms. The molecular weight excluding hydrogens is 448 g/mol. The fourth-order valence-corrected chi connectivity index (χ4v) is 4.05. The molecule has 11 nitrogen and oxygen atoms in total. The first-order valence-corrected chi connectivity index (χ1v) is 11.0. The summed E-state index contributed by atoms with van der Waals surface area (Å²) in [5.41, 5.74) is 0.905. The van der Waals surface area contributed by atoms with Gasteiger partial charge < -0.3 is 14.6 Å². The highest BCUT2D eigenvalue weighted by Gasteiger charge is 2.27. The number of thioether (sulfide) groups is 1. The van der Waals surface area contributed by atoms with Crippen molar-refractivity contribution in [2.75, 3.05) is 11.9 Å². The minimum Gasteiger partial charge on any atom is -0.466 e. The molecule has 1 amide bonds. The summed E-state index contributed by atoms with van der Waals surface area (Å²) < 4.78 is 6.85. The van der Waals surface area contributed by atoms with Crippen LogP contribution in [0.15, 0.2) is 53.9 Å². The predicted molar refractivity (Wildman–Crippen MR) is 122 cm³/mol. The molecule has 0 radical (unpaired) electrons. The fourth-order valence-electron chi connectivity index (χ4n) is 2.98. The molecule has 0 aliphatic carbocycles. The van der Waals surface area contributed by atoms with Crippen LogP contribution in [0.4, 0.5) is 11.4 Å². The van der Waals surface area contributed by atoms with Crippen molar-refractivity contribution in [3.05, 3.63) is 58.9 Å². The number of pyridine rings is 1. The molecule has 0 aliphatic heterocycles. The average Bonchev–Trinajstić information content (AvgIpc) is 3.22. The monoisotopic (exact) mass is 470 g/mol. The van der Waals surface area contributed by atoms with E-state index in [-0.39, 0.29) is 24.4 Å². The van der Waals surface area contributed by atoms with E-state index in [1.807, 2.05) is 11.5 Å². The van der Waals surface area contributed by atoms with Crippen LogP contribution in [0.5, 0.6) is 0 Å². The number of nitrogens with one attached hydrogen (secondary N) is 1. The summed E-state index contributed by atoms with van der Waals surface area (Å²) in [5.74, 6) is -0.442. The maximum Gasteiger partial charge on any atom is 0.307 e. The number of hydrogen-bond donors (Lipinski definition) is 1. The second-order valence-electron chi connectivity index (χ2n) is 6.70. The van der Waals surface area contributed by atoms with Crippen molar-refractivity contribution >= 4 is 35.0 Å². The molecule has 0 saturated carbocycles. The summed E-state index contributed by atoms with van der Waals surface area (Å²) in [7, 11) is 0. The molecule has 33 heavy (non-hydrogen) atoms. The number of anilines is 1. The highest BCUT2D eigenvalue weighted by Crippen LogP contribution is 2.29. The summed E-state index contributed by atoms with van der Waals surface area (Å²) >= 11 is 1.07. The quantitative estimate of drug-likeness (QED) is 0.204. The number of benzene rings is 1. The predicted octanol–water partition coefficient (Wildman–Crippen LogP) is 3.32. The van der Waals surface area contributed by atoms with Gasteiger partial charge in [-0.3, -0.25) is 24.7 Å². The van der Waals surface area contributed by atoms with Crippen LogP contribution in [0.1, 0.15) is 20.3 Å². The van der Waals surface area contributed by atoms with Gasteiger partial charge in [0.1, 0.15) is 5.25 Å². The number of amides is 1. The molecule has 1 aromatic carbocycles. The van der Waals surface area contributed by atoms with Gasteiger partial charge in [-0.15, -0.1) is 10.2 Å². The van der Waals surface area contributed by atoms with Crippen molar-refractivity contribution in [3.63, 3.8) is 0 Å². The molecular formula is C21H22N6O5S. The van der Waals surface area contributed by atoms with Crippen molar-refractivity contribution in [2.24, 2.45) is 0 Å². The van der Waals surface area contributed by atoms with Gasteiger partial charge in [0.2, 0.25) is 5.91 Å². The van der Waals surface area contributed by atoms with Crippen molar-refractivity contribution in [1.29, 1.82) is 0 Å². The van der Waals surface area contributed by atoms with Crippen LogP contribution in [0.25, 0.3) is 11.4 Å². The second kappa shape index (κ2) is 11.2. The third-order valence-corrected chi connectivity index (χ3v) is 5.67. The number of esters is 1. The molecule has 2 aromatic heterocycles. The average molecular weight is 471 g/mol. The lowest BCUT2D eigenvalue weighted by atomic mass is 10.2. The Balaban J connectivity index is 1.86. The Labute approximate surface area is 193 Å². The normalized spacial score (nSPS) is 11.6. The number of carbonyl (C=O) groups is 2. The van der Waals surface area contributed by atoms with Gasteiger partial charge in [-0.1, -0.05) is 17.8 Å². The molecule has 12 heteroatoms. The molecule has 0 saturated heterocycles. The van der Waals surface area contributed by atoms with E-state index in [9.17, 15) is 19.7 Å². The molecule has 1 atom stereocenters. The summed E-state index contributed by atoms with van der Waals surface area (Å²) in [4.78, 5) is 39.7. The number of nitrogens with zero attached hydrogens (tertiary/aromatic N) is 5. The third kappa shape index (κ3) is 6.13. The first-order chi connectivity index (χ1) is 15.9. The summed E-state index contributed by atoms with van der Waals surface area (Å²) in [6.07, 6.45) is 3.08. The SMILES string of the molecule is CCOC(=O)C[C@H](Sc1nnc(-c2ccncc2)n1CC)C(=O)Nc1cccc([N+](=O)[O-])c1. The summed E-state index contributed by atoms with van der Waals surface area (Å²) in [5, 5.41) is 21.7. The number of hydrogen-bond acceptors (Lipinski definition) is 9. The Kier molecular flexibility index (Phi) is 8.08. The lowest BCUT2D eigenvalue weighted by molar-refractivity contribution is -0.384. The number of nitro benzene ring substituents is 1. The molecule has 0 unspecified atom stereocenters. The summed E-state index contributed by atoms with van der Waals surface area (Å²) in [6, 6.07) is 9.18. The standard InChI is InChI=1S/C21H22N6O5S/c1-3-26-19(14-8-10-22-11-9-14)24-25-21(26)33-17(13-18(28)32-4-2)20(29)23-15-6-5-7-16(12-15)27(30)31/h5-12,17H,3-4,13H2,1-2H3,(H,23,29)/t17-/m0/s1. The van der Waals surface area contributed by atoms with Crippen LogP contribution in [-0.4, -0.2) is 48.4 Å². The number of non-ortho nitro benzene ring substituents is 1. The Hall–Kier alpha value is -3.80. The highest BCUT2D eigenvalue weighted by molar-refractivity contribution is 8.00. The van der Waals surface area contributed by atoms with Gasteiger partial charge in [-0.05, 0) is 32.0 Å². The number of rotatable bonds is 10. The number of ether oxygens (including phenoxy) is 1. The number of nitro groups is 1. The Morgan fingerprint density at radius 3 is 2.64 bits per heavy atom. The van der Waals surface area contributed by atoms with Crippen molar-refractivity contribution < 1.29 is 19.2 Å². The van der Waals surface area contributed by atoms with E-state index in [2.05, 4.69) is 20.5 Å². The molecule has 172 valence electrons. The molecule has 1 N–H and O–H groups in total. The lowest BCUT2D eigenvalue weighted by Crippen LogP contribution is -2.28. The van der Waals surface area contributed by atoms with Gasteiger partial charge in [-0.2, -0.15) is 0 Å². The summed E-state index contributed by atoms with van der Waals surface area (Å²) in [6.45, 7) is 4.31. The van der Waals surface area contributed by atoms with Crippen LogP contribution >= 0.6 is 11.8 Å². The molecule has 3 rings (SSSR count). The topological polar surface area (TPSA) is 142 Å². The highest BCUT2D eigenvalue weighted by atomic mass is 32.2. The van der Waals surface area contributed by atoms with Gasteiger partial charge >= 0.3 is 5.97 Å². The van der Waals surface area contributed by atoms with E-state index in [0.29, 0.717) is 17.5 Å². The van der Waals surface area contributed by atoms with E-state index in [1.165, 1.54) is 24.3 Å². The lowest BCUT2D eigenvalue weighted by Gasteiger charge is -2.16. The fraction of sp³-hybridized carbons (Fsp3) is 0.286. The van der Waals surface area contributed by atoms with Crippen molar-refractivity contribution in [1.82, 2.24) is 19.7 Å². The van der Waals surface area contributed by atoms with E-state index in [0.717, 1.165) is 17.3 Å². The first-order valence-electron chi connectivity index (χ1n) is 10.1. The Bertz CT molecular complexity index is 1140.